The first-order valence-corrected chi connectivity index (χ1v) is 12.4. The van der Waals surface area contributed by atoms with Crippen molar-refractivity contribution in [3.63, 3.8) is 0 Å². The van der Waals surface area contributed by atoms with E-state index in [0.717, 1.165) is 30.3 Å². The average Bonchev–Trinajstić information content (AvgIpc) is 3.40. The Balaban J connectivity index is 1.68. The number of hydrogen-bond donors (Lipinski definition) is 1. The van der Waals surface area contributed by atoms with Gasteiger partial charge in [-0.2, -0.15) is 0 Å². The Morgan fingerprint density at radius 3 is 2.76 bits per heavy atom. The molecule has 1 saturated heterocycles. The topological polar surface area (TPSA) is 104 Å². The number of halogens is 1. The van der Waals surface area contributed by atoms with E-state index in [1.807, 2.05) is 18.4 Å². The molecule has 0 bridgehead atoms. The number of esters is 1. The Morgan fingerprint density at radius 1 is 1.33 bits per heavy atom. The summed E-state index contributed by atoms with van der Waals surface area (Å²) < 4.78 is 40.4. The highest BCUT2D eigenvalue weighted by Gasteiger charge is 2.24. The number of allylic oxidation sites excluding steroid dienone is 1. The van der Waals surface area contributed by atoms with Crippen LogP contribution in [0.5, 0.6) is 0 Å². The summed E-state index contributed by atoms with van der Waals surface area (Å²) in [7, 11) is -3.97. The number of benzene rings is 1. The minimum absolute atomic E-state index is 0.0261. The lowest BCUT2D eigenvalue weighted by atomic mass is 10.1. The number of carbonyl (C=O) groups is 2. The largest absolute Gasteiger partial charge is 0.454 e. The maximum absolute atomic E-state index is 12.7. The van der Waals surface area contributed by atoms with Gasteiger partial charge in [0, 0.05) is 36.6 Å². The van der Waals surface area contributed by atoms with Crippen LogP contribution >= 0.6 is 11.6 Å². The van der Waals surface area contributed by atoms with Crippen molar-refractivity contribution in [1.82, 2.24) is 9.29 Å². The molecule has 1 N–H and O–H groups in total. The van der Waals surface area contributed by atoms with E-state index in [2.05, 4.69) is 11.3 Å². The van der Waals surface area contributed by atoms with Crippen LogP contribution in [0.1, 0.15) is 44.9 Å². The molecule has 10 heteroatoms. The normalized spacial score (nSPS) is 16.0. The number of Topliss-reactive ketones (excluding diaryl/α,β-unsaturated/α-hetero) is 1. The van der Waals surface area contributed by atoms with Crippen LogP contribution in [-0.4, -0.2) is 50.6 Å². The minimum atomic E-state index is -3.97. The van der Waals surface area contributed by atoms with Gasteiger partial charge < -0.3 is 14.0 Å². The summed E-state index contributed by atoms with van der Waals surface area (Å²) in [4.78, 5) is 24.9. The number of ketones is 1. The van der Waals surface area contributed by atoms with Gasteiger partial charge in [0.15, 0.2) is 6.61 Å². The smallest absolute Gasteiger partial charge is 0.338 e. The molecule has 0 aliphatic carbocycles. The Labute approximate surface area is 198 Å². The fourth-order valence-electron chi connectivity index (χ4n) is 3.71. The van der Waals surface area contributed by atoms with Crippen LogP contribution in [0.2, 0.25) is 5.02 Å². The molecular formula is C23H27ClN2O6S. The third kappa shape index (κ3) is 5.92. The van der Waals surface area contributed by atoms with Gasteiger partial charge in [-0.1, -0.05) is 17.7 Å². The van der Waals surface area contributed by atoms with Crippen molar-refractivity contribution in [3.05, 3.63) is 64.5 Å². The van der Waals surface area contributed by atoms with E-state index in [0.29, 0.717) is 18.7 Å². The van der Waals surface area contributed by atoms with Gasteiger partial charge in [0.1, 0.15) is 4.90 Å². The van der Waals surface area contributed by atoms with Crippen LogP contribution < -0.4 is 4.72 Å². The molecular weight excluding hydrogens is 468 g/mol. The average molecular weight is 495 g/mol. The second kappa shape index (κ2) is 10.6. The molecule has 3 rings (SSSR count). The van der Waals surface area contributed by atoms with E-state index in [4.69, 9.17) is 21.1 Å². The summed E-state index contributed by atoms with van der Waals surface area (Å²) in [5.41, 5.74) is 2.08. The van der Waals surface area contributed by atoms with Crippen LogP contribution in [0.25, 0.3) is 0 Å². The van der Waals surface area contributed by atoms with Crippen LogP contribution in [0.15, 0.2) is 41.8 Å². The molecule has 0 radical (unpaired) electrons. The van der Waals surface area contributed by atoms with Crippen molar-refractivity contribution in [3.8, 4) is 0 Å². The molecule has 1 unspecified atom stereocenters. The molecule has 1 aliphatic rings. The Kier molecular flexibility index (Phi) is 8.12. The summed E-state index contributed by atoms with van der Waals surface area (Å²) in [6.45, 7) is 8.21. The number of aromatic nitrogens is 1. The van der Waals surface area contributed by atoms with Gasteiger partial charge in [-0.25, -0.2) is 17.9 Å². The van der Waals surface area contributed by atoms with Crippen LogP contribution in [0.4, 0.5) is 0 Å². The quantitative estimate of drug-likeness (QED) is 0.308. The lowest BCUT2D eigenvalue weighted by molar-refractivity contribution is 0.0474. The number of ether oxygens (including phenoxy) is 2. The highest BCUT2D eigenvalue weighted by atomic mass is 35.5. The van der Waals surface area contributed by atoms with Gasteiger partial charge in [0.05, 0.1) is 16.7 Å². The third-order valence-electron chi connectivity index (χ3n) is 5.50. The Bertz CT molecular complexity index is 1170. The molecule has 178 valence electrons. The predicted molar refractivity (Wildman–Crippen MR) is 124 cm³/mol. The minimum Gasteiger partial charge on any atom is -0.454 e. The van der Waals surface area contributed by atoms with Crippen molar-refractivity contribution in [2.24, 2.45) is 0 Å². The molecule has 1 atom stereocenters. The van der Waals surface area contributed by atoms with E-state index < -0.39 is 22.6 Å². The van der Waals surface area contributed by atoms with E-state index >= 15 is 0 Å². The number of nitrogens with zero attached hydrogens (tertiary/aromatic N) is 1. The van der Waals surface area contributed by atoms with Crippen molar-refractivity contribution in [2.75, 3.05) is 19.8 Å². The van der Waals surface area contributed by atoms with Crippen molar-refractivity contribution < 1.29 is 27.5 Å². The first-order chi connectivity index (χ1) is 15.6. The summed E-state index contributed by atoms with van der Waals surface area (Å²) in [5, 5.41) is -0.0304. The number of nitrogens with one attached hydrogen (secondary N) is 1. The highest BCUT2D eigenvalue weighted by molar-refractivity contribution is 7.89. The van der Waals surface area contributed by atoms with Gasteiger partial charge in [-0.3, -0.25) is 4.79 Å². The lowest BCUT2D eigenvalue weighted by Gasteiger charge is -2.13. The molecule has 8 nitrogen and oxygen atoms in total. The molecule has 1 fully saturated rings. The summed E-state index contributed by atoms with van der Waals surface area (Å²) in [6, 6.07) is 5.54. The predicted octanol–water partition coefficient (Wildman–Crippen LogP) is 3.44. The van der Waals surface area contributed by atoms with E-state index in [-0.39, 0.29) is 33.9 Å². The van der Waals surface area contributed by atoms with Crippen molar-refractivity contribution in [2.45, 2.75) is 44.2 Å². The number of aryl methyl sites for hydroxylation is 1. The van der Waals surface area contributed by atoms with E-state index in [9.17, 15) is 18.0 Å². The third-order valence-corrected chi connectivity index (χ3v) is 7.41. The molecule has 33 heavy (non-hydrogen) atoms. The molecule has 1 aliphatic heterocycles. The fourth-order valence-corrected chi connectivity index (χ4v) is 5.30. The number of rotatable bonds is 10. The molecule has 2 heterocycles. The summed E-state index contributed by atoms with van der Waals surface area (Å²) >= 11 is 6.08. The molecule has 0 spiro atoms. The van der Waals surface area contributed by atoms with Crippen molar-refractivity contribution >= 4 is 33.4 Å². The number of carbonyl (C=O) groups excluding carboxylic acids is 2. The van der Waals surface area contributed by atoms with Gasteiger partial charge in [0.2, 0.25) is 15.8 Å². The van der Waals surface area contributed by atoms with Crippen LogP contribution in [-0.2, 0) is 26.0 Å². The summed E-state index contributed by atoms with van der Waals surface area (Å²) in [5.74, 6) is -1.18. The number of hydrogen-bond acceptors (Lipinski definition) is 6. The van der Waals surface area contributed by atoms with Gasteiger partial charge in [-0.05, 0) is 51.0 Å². The molecule has 2 aromatic rings. The molecule has 1 aromatic heterocycles. The number of sulfonamides is 1. The highest BCUT2D eigenvalue weighted by Crippen LogP contribution is 2.24. The van der Waals surface area contributed by atoms with Gasteiger partial charge in [0.25, 0.3) is 0 Å². The standard InChI is InChI=1S/C23H27ClN2O6S/c1-4-9-26-15(2)11-19(16(26)3)21(27)14-32-23(28)17-7-8-20(24)22(12-17)33(29,30)25-13-18-6-5-10-31-18/h4,7-8,11-12,18,25H,1,5-6,9-10,13-14H2,2-3H3. The fraction of sp³-hybridized carbons (Fsp3) is 0.391. The first kappa shape index (κ1) is 25.2. The molecule has 0 saturated carbocycles. The Hall–Kier alpha value is -2.46. The van der Waals surface area contributed by atoms with Crippen LogP contribution in [0.3, 0.4) is 0 Å². The molecule has 1 aromatic carbocycles. The lowest BCUT2D eigenvalue weighted by Crippen LogP contribution is -2.32. The maximum Gasteiger partial charge on any atom is 0.338 e. The second-order valence-electron chi connectivity index (χ2n) is 7.82. The first-order valence-electron chi connectivity index (χ1n) is 10.5. The zero-order chi connectivity index (χ0) is 24.2. The van der Waals surface area contributed by atoms with Crippen molar-refractivity contribution in [1.29, 1.82) is 0 Å². The van der Waals surface area contributed by atoms with Crippen LogP contribution in [0, 0.1) is 13.8 Å². The van der Waals surface area contributed by atoms with E-state index in [1.54, 1.807) is 12.1 Å². The monoisotopic (exact) mass is 494 g/mol. The molecule has 0 amide bonds. The van der Waals surface area contributed by atoms with Gasteiger partial charge in [-0.15, -0.1) is 6.58 Å². The SMILES string of the molecule is C=CCn1c(C)cc(C(=O)COC(=O)c2ccc(Cl)c(S(=O)(=O)NCC3CCCO3)c2)c1C. The summed E-state index contributed by atoms with van der Waals surface area (Å²) in [6.07, 6.45) is 3.19. The van der Waals surface area contributed by atoms with Gasteiger partial charge >= 0.3 is 5.97 Å². The zero-order valence-corrected chi connectivity index (χ0v) is 20.2. The maximum atomic E-state index is 12.7. The van der Waals surface area contributed by atoms with E-state index in [1.165, 1.54) is 12.1 Å². The second-order valence-corrected chi connectivity index (χ2v) is 9.96. The zero-order valence-electron chi connectivity index (χ0n) is 18.6. The Morgan fingerprint density at radius 2 is 2.09 bits per heavy atom.